The Balaban J connectivity index is 1.43. The van der Waals surface area contributed by atoms with Crippen LogP contribution in [0.15, 0.2) is 28.8 Å². The summed E-state index contributed by atoms with van der Waals surface area (Å²) in [5.41, 5.74) is 0.921. The molecule has 0 bridgehead atoms. The number of carbonyl (C=O) groups is 1. The molecule has 7 nitrogen and oxygen atoms in total. The number of fused-ring (bicyclic) bond motifs is 1. The van der Waals surface area contributed by atoms with E-state index in [4.69, 9.17) is 9.26 Å². The molecule has 0 saturated heterocycles. The van der Waals surface area contributed by atoms with Crippen molar-refractivity contribution in [3.05, 3.63) is 30.1 Å². The van der Waals surface area contributed by atoms with Gasteiger partial charge in [-0.2, -0.15) is 4.98 Å². The van der Waals surface area contributed by atoms with Gasteiger partial charge in [-0.3, -0.25) is 10.1 Å². The van der Waals surface area contributed by atoms with Gasteiger partial charge >= 0.3 is 6.01 Å². The van der Waals surface area contributed by atoms with E-state index in [9.17, 15) is 4.79 Å². The molecule has 120 valence electrons. The number of amides is 1. The van der Waals surface area contributed by atoms with E-state index in [0.29, 0.717) is 18.3 Å². The Hall–Kier alpha value is -2.57. The van der Waals surface area contributed by atoms with Crippen molar-refractivity contribution in [2.45, 2.75) is 31.8 Å². The normalized spacial score (nSPS) is 19.9. The molecule has 1 aromatic carbocycles. The number of nitrogens with zero attached hydrogens (tertiary/aromatic N) is 3. The van der Waals surface area contributed by atoms with E-state index in [1.165, 1.54) is 0 Å². The van der Waals surface area contributed by atoms with E-state index in [2.05, 4.69) is 15.5 Å². The van der Waals surface area contributed by atoms with Gasteiger partial charge in [0.2, 0.25) is 5.91 Å². The minimum Gasteiger partial charge on any atom is -0.487 e. The molecule has 2 aliphatic rings. The summed E-state index contributed by atoms with van der Waals surface area (Å²) in [6.45, 7) is 2.86. The van der Waals surface area contributed by atoms with Gasteiger partial charge in [0.05, 0.1) is 18.8 Å². The number of para-hydroxylation sites is 2. The Kier molecular flexibility index (Phi) is 3.40. The van der Waals surface area contributed by atoms with E-state index in [-0.39, 0.29) is 24.6 Å². The molecule has 1 aromatic heterocycles. The van der Waals surface area contributed by atoms with Gasteiger partial charge in [0.25, 0.3) is 0 Å². The largest absolute Gasteiger partial charge is 0.487 e. The van der Waals surface area contributed by atoms with Crippen LogP contribution in [0.2, 0.25) is 0 Å². The summed E-state index contributed by atoms with van der Waals surface area (Å²) in [6.07, 6.45) is 2.22. The smallest absolute Gasteiger partial charge is 0.328 e. The first-order valence-corrected chi connectivity index (χ1v) is 7.83. The number of aromatic nitrogens is 2. The number of hydrogen-bond donors (Lipinski definition) is 1. The quantitative estimate of drug-likeness (QED) is 0.931. The van der Waals surface area contributed by atoms with Crippen LogP contribution in [-0.2, 0) is 4.79 Å². The van der Waals surface area contributed by atoms with Crippen LogP contribution in [0.4, 0.5) is 11.7 Å². The van der Waals surface area contributed by atoms with Crippen molar-refractivity contribution in [2.75, 3.05) is 23.3 Å². The highest BCUT2D eigenvalue weighted by molar-refractivity contribution is 5.92. The SMILES string of the molecule is CC1CN(CC(=O)Nc2nc(C3CC3)no2)c2ccccc2O1. The van der Waals surface area contributed by atoms with Crippen LogP contribution < -0.4 is 15.0 Å². The van der Waals surface area contributed by atoms with Crippen LogP contribution in [-0.4, -0.2) is 35.2 Å². The molecule has 2 heterocycles. The maximum Gasteiger partial charge on any atom is 0.328 e. The fourth-order valence-corrected chi connectivity index (χ4v) is 2.76. The Morgan fingerprint density at radius 2 is 2.22 bits per heavy atom. The minimum absolute atomic E-state index is 0.0302. The van der Waals surface area contributed by atoms with Crippen molar-refractivity contribution in [3.8, 4) is 5.75 Å². The second kappa shape index (κ2) is 5.57. The van der Waals surface area contributed by atoms with Crippen LogP contribution >= 0.6 is 0 Å². The maximum absolute atomic E-state index is 12.3. The second-order valence-electron chi connectivity index (χ2n) is 6.06. The third kappa shape index (κ3) is 2.99. The average molecular weight is 314 g/mol. The van der Waals surface area contributed by atoms with Gasteiger partial charge in [-0.15, -0.1) is 0 Å². The fraction of sp³-hybridized carbons (Fsp3) is 0.438. The number of ether oxygens (including phenoxy) is 1. The van der Waals surface area contributed by atoms with Crippen LogP contribution in [0.5, 0.6) is 5.75 Å². The highest BCUT2D eigenvalue weighted by Crippen LogP contribution is 2.38. The molecule has 1 fully saturated rings. The predicted molar refractivity (Wildman–Crippen MR) is 83.6 cm³/mol. The molecule has 0 radical (unpaired) electrons. The number of carbonyl (C=O) groups excluding carboxylic acids is 1. The number of anilines is 2. The third-order valence-corrected chi connectivity index (χ3v) is 3.98. The summed E-state index contributed by atoms with van der Waals surface area (Å²) in [6, 6.07) is 7.89. The minimum atomic E-state index is -0.181. The van der Waals surface area contributed by atoms with E-state index >= 15 is 0 Å². The molecule has 23 heavy (non-hydrogen) atoms. The van der Waals surface area contributed by atoms with Gasteiger partial charge in [-0.25, -0.2) is 0 Å². The molecule has 1 saturated carbocycles. The lowest BCUT2D eigenvalue weighted by atomic mass is 10.2. The van der Waals surface area contributed by atoms with Gasteiger partial charge in [-0.1, -0.05) is 17.3 Å². The zero-order valence-electron chi connectivity index (χ0n) is 12.9. The Morgan fingerprint density at radius 1 is 1.39 bits per heavy atom. The highest BCUT2D eigenvalue weighted by atomic mass is 16.5. The standard InChI is InChI=1S/C16H18N4O3/c1-10-8-20(12-4-2-3-5-13(12)22-10)9-14(21)17-16-18-15(19-23-16)11-6-7-11/h2-5,10-11H,6-9H2,1H3,(H,17,18,19,21). The van der Waals surface area contributed by atoms with E-state index in [1.54, 1.807) is 0 Å². The molecule has 4 rings (SSSR count). The summed E-state index contributed by atoms with van der Waals surface area (Å²) in [7, 11) is 0. The Bertz CT molecular complexity index is 726. The van der Waals surface area contributed by atoms with Gasteiger partial charge < -0.3 is 14.2 Å². The lowest BCUT2D eigenvalue weighted by Crippen LogP contribution is -2.42. The van der Waals surface area contributed by atoms with Crippen molar-refractivity contribution < 1.29 is 14.1 Å². The van der Waals surface area contributed by atoms with Gasteiger partial charge in [0.15, 0.2) is 5.82 Å². The first kappa shape index (κ1) is 14.0. The summed E-state index contributed by atoms with van der Waals surface area (Å²) >= 11 is 0. The molecule has 1 unspecified atom stereocenters. The van der Waals surface area contributed by atoms with Gasteiger partial charge in [0.1, 0.15) is 11.9 Å². The predicted octanol–water partition coefficient (Wildman–Crippen LogP) is 2.17. The summed E-state index contributed by atoms with van der Waals surface area (Å²) < 4.78 is 10.9. The highest BCUT2D eigenvalue weighted by Gasteiger charge is 2.29. The monoisotopic (exact) mass is 314 g/mol. The summed E-state index contributed by atoms with van der Waals surface area (Å²) in [5.74, 6) is 1.70. The first-order chi connectivity index (χ1) is 11.2. The van der Waals surface area contributed by atoms with Crippen molar-refractivity contribution >= 4 is 17.6 Å². The maximum atomic E-state index is 12.3. The zero-order valence-corrected chi connectivity index (χ0v) is 12.9. The molecule has 1 atom stereocenters. The Morgan fingerprint density at radius 3 is 3.04 bits per heavy atom. The van der Waals surface area contributed by atoms with Gasteiger partial charge in [-0.05, 0) is 31.9 Å². The number of hydrogen-bond acceptors (Lipinski definition) is 6. The zero-order chi connectivity index (χ0) is 15.8. The number of rotatable bonds is 4. The Labute approximate surface area is 133 Å². The molecule has 1 amide bonds. The molecule has 7 heteroatoms. The van der Waals surface area contributed by atoms with Crippen LogP contribution in [0.1, 0.15) is 31.5 Å². The molecule has 1 aliphatic carbocycles. The number of nitrogens with one attached hydrogen (secondary N) is 1. The fourth-order valence-electron chi connectivity index (χ4n) is 2.76. The summed E-state index contributed by atoms with van der Waals surface area (Å²) in [5, 5.41) is 6.57. The topological polar surface area (TPSA) is 80.5 Å². The lowest BCUT2D eigenvalue weighted by Gasteiger charge is -2.34. The van der Waals surface area contributed by atoms with E-state index in [0.717, 1.165) is 24.3 Å². The van der Waals surface area contributed by atoms with Crippen molar-refractivity contribution in [3.63, 3.8) is 0 Å². The summed E-state index contributed by atoms with van der Waals surface area (Å²) in [4.78, 5) is 18.5. The van der Waals surface area contributed by atoms with Crippen molar-refractivity contribution in [1.82, 2.24) is 10.1 Å². The van der Waals surface area contributed by atoms with Crippen LogP contribution in [0.3, 0.4) is 0 Å². The lowest BCUT2D eigenvalue weighted by molar-refractivity contribution is -0.115. The third-order valence-electron chi connectivity index (χ3n) is 3.98. The molecular formula is C16H18N4O3. The number of benzene rings is 1. The molecule has 2 aromatic rings. The van der Waals surface area contributed by atoms with Gasteiger partial charge in [0, 0.05) is 5.92 Å². The van der Waals surface area contributed by atoms with E-state index in [1.807, 2.05) is 36.1 Å². The molecule has 0 spiro atoms. The molecule has 1 N–H and O–H groups in total. The second-order valence-corrected chi connectivity index (χ2v) is 6.06. The first-order valence-electron chi connectivity index (χ1n) is 7.83. The average Bonchev–Trinajstić information content (AvgIpc) is 3.27. The van der Waals surface area contributed by atoms with Crippen LogP contribution in [0, 0.1) is 0 Å². The van der Waals surface area contributed by atoms with Crippen LogP contribution in [0.25, 0.3) is 0 Å². The molecular weight excluding hydrogens is 296 g/mol. The van der Waals surface area contributed by atoms with E-state index < -0.39 is 0 Å². The molecule has 1 aliphatic heterocycles. The van der Waals surface area contributed by atoms with Crippen molar-refractivity contribution in [2.24, 2.45) is 0 Å². The van der Waals surface area contributed by atoms with Crippen molar-refractivity contribution in [1.29, 1.82) is 0 Å².